The highest BCUT2D eigenvalue weighted by atomic mass is 35.5. The van der Waals surface area contributed by atoms with E-state index in [1.165, 1.54) is 19.2 Å². The van der Waals surface area contributed by atoms with Crippen molar-refractivity contribution in [3.8, 4) is 11.3 Å². The number of rotatable bonds is 2. The fourth-order valence-electron chi connectivity index (χ4n) is 1.31. The SMILES string of the molecule is COC(=O)c1cc(-c2cc(F)c(Cl)cc2Cl)on1. The molecule has 1 aromatic carbocycles. The molecule has 1 aromatic heterocycles. The molecule has 0 aliphatic rings. The van der Waals surface area contributed by atoms with Gasteiger partial charge in [-0.25, -0.2) is 9.18 Å². The Kier molecular flexibility index (Phi) is 3.54. The largest absolute Gasteiger partial charge is 0.464 e. The van der Waals surface area contributed by atoms with Crippen LogP contribution in [0.25, 0.3) is 11.3 Å². The van der Waals surface area contributed by atoms with Gasteiger partial charge in [-0.15, -0.1) is 0 Å². The first-order valence-corrected chi connectivity index (χ1v) is 5.48. The quantitative estimate of drug-likeness (QED) is 0.626. The number of nitrogens with zero attached hydrogens (tertiary/aromatic N) is 1. The maximum atomic E-state index is 13.3. The van der Waals surface area contributed by atoms with Gasteiger partial charge in [0.2, 0.25) is 0 Å². The Balaban J connectivity index is 2.46. The first-order chi connectivity index (χ1) is 8.52. The fraction of sp³-hybridized carbons (Fsp3) is 0.0909. The molecule has 0 bridgehead atoms. The van der Waals surface area contributed by atoms with Gasteiger partial charge in [0.05, 0.1) is 17.2 Å². The molecule has 1 heterocycles. The molecule has 18 heavy (non-hydrogen) atoms. The lowest BCUT2D eigenvalue weighted by atomic mass is 10.1. The van der Waals surface area contributed by atoms with Crippen LogP contribution in [0.4, 0.5) is 4.39 Å². The summed E-state index contributed by atoms with van der Waals surface area (Å²) in [6.07, 6.45) is 0. The Morgan fingerprint density at radius 1 is 1.33 bits per heavy atom. The van der Waals surface area contributed by atoms with E-state index in [4.69, 9.17) is 27.7 Å². The number of methoxy groups -OCH3 is 1. The highest BCUT2D eigenvalue weighted by Gasteiger charge is 2.17. The van der Waals surface area contributed by atoms with Gasteiger partial charge in [-0.3, -0.25) is 0 Å². The average Bonchev–Trinajstić information content (AvgIpc) is 2.82. The molecule has 94 valence electrons. The molecule has 0 N–H and O–H groups in total. The van der Waals surface area contributed by atoms with Crippen LogP contribution in [0, 0.1) is 5.82 Å². The Hall–Kier alpha value is -1.59. The molecule has 0 unspecified atom stereocenters. The molecule has 0 fully saturated rings. The van der Waals surface area contributed by atoms with Crippen molar-refractivity contribution in [2.24, 2.45) is 0 Å². The Morgan fingerprint density at radius 2 is 2.06 bits per heavy atom. The molecule has 0 amide bonds. The van der Waals surface area contributed by atoms with Crippen LogP contribution in [0.15, 0.2) is 22.7 Å². The number of aromatic nitrogens is 1. The molecule has 4 nitrogen and oxygen atoms in total. The topological polar surface area (TPSA) is 52.3 Å². The molecule has 0 spiro atoms. The van der Waals surface area contributed by atoms with Crippen molar-refractivity contribution in [1.29, 1.82) is 0 Å². The van der Waals surface area contributed by atoms with E-state index in [9.17, 15) is 9.18 Å². The minimum atomic E-state index is -0.657. The molecule has 2 rings (SSSR count). The van der Waals surface area contributed by atoms with Gasteiger partial charge >= 0.3 is 5.97 Å². The first kappa shape index (κ1) is 12.9. The normalized spacial score (nSPS) is 10.4. The lowest BCUT2D eigenvalue weighted by Gasteiger charge is -2.01. The van der Waals surface area contributed by atoms with E-state index < -0.39 is 11.8 Å². The summed E-state index contributed by atoms with van der Waals surface area (Å²) < 4.78 is 22.7. The number of benzene rings is 1. The van der Waals surface area contributed by atoms with Crippen LogP contribution in [0.2, 0.25) is 10.0 Å². The lowest BCUT2D eigenvalue weighted by molar-refractivity contribution is 0.0589. The standard InChI is InChI=1S/C11H6Cl2FNO3/c1-17-11(16)9-4-10(18-15-9)5-2-8(14)7(13)3-6(5)12/h2-4H,1H3. The van der Waals surface area contributed by atoms with E-state index >= 15 is 0 Å². The average molecular weight is 290 g/mol. The van der Waals surface area contributed by atoms with Gasteiger partial charge < -0.3 is 9.26 Å². The van der Waals surface area contributed by atoms with Gasteiger partial charge in [-0.05, 0) is 12.1 Å². The number of ether oxygens (including phenoxy) is 1. The molecule has 0 saturated heterocycles. The maximum Gasteiger partial charge on any atom is 0.360 e. The van der Waals surface area contributed by atoms with Gasteiger partial charge in [0.1, 0.15) is 5.82 Å². The van der Waals surface area contributed by atoms with Gasteiger partial charge in [-0.2, -0.15) is 0 Å². The molecule has 7 heteroatoms. The van der Waals surface area contributed by atoms with Gasteiger partial charge in [0.25, 0.3) is 0 Å². The number of carbonyl (C=O) groups is 1. The predicted molar refractivity (Wildman–Crippen MR) is 63.3 cm³/mol. The van der Waals surface area contributed by atoms with Crippen molar-refractivity contribution >= 4 is 29.2 Å². The zero-order valence-corrected chi connectivity index (χ0v) is 10.5. The second-order valence-corrected chi connectivity index (χ2v) is 4.13. The van der Waals surface area contributed by atoms with E-state index in [1.54, 1.807) is 0 Å². The van der Waals surface area contributed by atoms with Crippen molar-refractivity contribution < 1.29 is 18.4 Å². The van der Waals surface area contributed by atoms with E-state index in [2.05, 4.69) is 9.89 Å². The fourth-order valence-corrected chi connectivity index (χ4v) is 1.79. The summed E-state index contributed by atoms with van der Waals surface area (Å²) in [5.74, 6) is -1.15. The number of halogens is 3. The number of esters is 1. The van der Waals surface area contributed by atoms with Crippen LogP contribution < -0.4 is 0 Å². The van der Waals surface area contributed by atoms with Crippen LogP contribution in [-0.2, 0) is 4.74 Å². The monoisotopic (exact) mass is 289 g/mol. The van der Waals surface area contributed by atoms with E-state index in [0.29, 0.717) is 0 Å². The summed E-state index contributed by atoms with van der Waals surface area (Å²) >= 11 is 11.5. The third kappa shape index (κ3) is 2.32. The summed E-state index contributed by atoms with van der Waals surface area (Å²) in [4.78, 5) is 11.2. The van der Waals surface area contributed by atoms with Crippen molar-refractivity contribution in [3.05, 3.63) is 39.8 Å². The minimum Gasteiger partial charge on any atom is -0.464 e. The summed E-state index contributed by atoms with van der Waals surface area (Å²) in [7, 11) is 1.21. The molecule has 2 aromatic rings. The zero-order chi connectivity index (χ0) is 13.3. The predicted octanol–water partition coefficient (Wildman–Crippen LogP) is 3.57. The Labute approximate surface area is 111 Å². The van der Waals surface area contributed by atoms with E-state index in [0.717, 1.165) is 6.07 Å². The molecular weight excluding hydrogens is 284 g/mol. The van der Waals surface area contributed by atoms with Crippen LogP contribution in [0.3, 0.4) is 0 Å². The third-order valence-corrected chi connectivity index (χ3v) is 2.78. The lowest BCUT2D eigenvalue weighted by Crippen LogP contribution is -2.00. The summed E-state index contributed by atoms with van der Waals surface area (Å²) in [6.45, 7) is 0. The van der Waals surface area contributed by atoms with Gasteiger partial charge in [0.15, 0.2) is 11.5 Å². The Bertz CT molecular complexity index is 612. The van der Waals surface area contributed by atoms with Gasteiger partial charge in [0, 0.05) is 11.6 Å². The highest BCUT2D eigenvalue weighted by Crippen LogP contribution is 2.32. The molecule has 0 atom stereocenters. The molecule has 0 radical (unpaired) electrons. The number of carbonyl (C=O) groups excluding carboxylic acids is 1. The Morgan fingerprint density at radius 3 is 2.72 bits per heavy atom. The van der Waals surface area contributed by atoms with Crippen LogP contribution in [-0.4, -0.2) is 18.2 Å². The number of hydrogen-bond acceptors (Lipinski definition) is 4. The molecule has 0 aliphatic carbocycles. The maximum absolute atomic E-state index is 13.3. The highest BCUT2D eigenvalue weighted by molar-refractivity contribution is 6.36. The minimum absolute atomic E-state index is 0.0288. The van der Waals surface area contributed by atoms with Crippen LogP contribution in [0.1, 0.15) is 10.5 Å². The van der Waals surface area contributed by atoms with Crippen molar-refractivity contribution in [2.45, 2.75) is 0 Å². The molecule has 0 saturated carbocycles. The molecular formula is C11H6Cl2FNO3. The van der Waals surface area contributed by atoms with Gasteiger partial charge in [-0.1, -0.05) is 28.4 Å². The van der Waals surface area contributed by atoms with Crippen molar-refractivity contribution in [2.75, 3.05) is 7.11 Å². The smallest absolute Gasteiger partial charge is 0.360 e. The summed E-state index contributed by atoms with van der Waals surface area (Å²) in [5.41, 5.74) is 0.222. The second kappa shape index (κ2) is 4.96. The van der Waals surface area contributed by atoms with Crippen LogP contribution in [0.5, 0.6) is 0 Å². The first-order valence-electron chi connectivity index (χ1n) is 4.73. The zero-order valence-electron chi connectivity index (χ0n) is 9.04. The van der Waals surface area contributed by atoms with Crippen LogP contribution >= 0.6 is 23.2 Å². The number of hydrogen-bond donors (Lipinski definition) is 0. The summed E-state index contributed by atoms with van der Waals surface area (Å²) in [6, 6.07) is 3.65. The van der Waals surface area contributed by atoms with Crippen molar-refractivity contribution in [3.63, 3.8) is 0 Å². The second-order valence-electron chi connectivity index (χ2n) is 3.31. The van der Waals surface area contributed by atoms with E-state index in [-0.39, 0.29) is 27.1 Å². The molecule has 0 aliphatic heterocycles. The summed E-state index contributed by atoms with van der Waals surface area (Å²) in [5, 5.41) is 3.58. The third-order valence-electron chi connectivity index (χ3n) is 2.18. The van der Waals surface area contributed by atoms with E-state index in [1.807, 2.05) is 0 Å². The van der Waals surface area contributed by atoms with Crippen molar-refractivity contribution in [1.82, 2.24) is 5.16 Å².